The summed E-state index contributed by atoms with van der Waals surface area (Å²) in [5.41, 5.74) is 6.61. The quantitative estimate of drug-likeness (QED) is 0.848. The molecule has 2 aromatic rings. The molecule has 4 nitrogen and oxygen atoms in total. The van der Waals surface area contributed by atoms with E-state index >= 15 is 0 Å². The molecule has 0 amide bonds. The van der Waals surface area contributed by atoms with Crippen molar-refractivity contribution in [1.82, 2.24) is 9.97 Å². The number of hydrogen-bond donors (Lipinski definition) is 1. The number of halogens is 1. The van der Waals surface area contributed by atoms with Crippen LogP contribution in [0, 0.1) is 0 Å². The molecule has 2 N–H and O–H groups in total. The molecule has 19 heavy (non-hydrogen) atoms. The number of para-hydroxylation sites is 1. The van der Waals surface area contributed by atoms with Crippen LogP contribution in [-0.4, -0.2) is 9.97 Å². The summed E-state index contributed by atoms with van der Waals surface area (Å²) in [5.74, 6) is 1.18. The highest BCUT2D eigenvalue weighted by Gasteiger charge is 2.19. The molecule has 1 aromatic heterocycles. The fourth-order valence-corrected chi connectivity index (χ4v) is 1.93. The summed E-state index contributed by atoms with van der Waals surface area (Å²) in [6, 6.07) is 9.36. The van der Waals surface area contributed by atoms with E-state index in [0.717, 1.165) is 11.3 Å². The van der Waals surface area contributed by atoms with Crippen LogP contribution >= 0.6 is 11.6 Å². The standard InChI is InChI=1S/C14H16ClN3O/c1-14(2,3)9-6-4-5-7-10(9)19-12-8-11(15)17-13(16)18-12/h4-8H,1-3H3,(H2,16,17,18). The van der Waals surface area contributed by atoms with Crippen molar-refractivity contribution in [3.63, 3.8) is 0 Å². The van der Waals surface area contributed by atoms with Crippen LogP contribution in [0.1, 0.15) is 26.3 Å². The van der Waals surface area contributed by atoms with Gasteiger partial charge in [-0.3, -0.25) is 0 Å². The van der Waals surface area contributed by atoms with E-state index in [9.17, 15) is 0 Å². The van der Waals surface area contributed by atoms with Gasteiger partial charge in [0, 0.05) is 11.6 Å². The van der Waals surface area contributed by atoms with E-state index in [1.807, 2.05) is 24.3 Å². The van der Waals surface area contributed by atoms with Crippen LogP contribution in [0.25, 0.3) is 0 Å². The second-order valence-corrected chi connectivity index (χ2v) is 5.62. The third-order valence-electron chi connectivity index (χ3n) is 2.60. The van der Waals surface area contributed by atoms with Crippen LogP contribution in [-0.2, 0) is 5.41 Å². The van der Waals surface area contributed by atoms with Crippen molar-refractivity contribution < 1.29 is 4.74 Å². The molecular weight excluding hydrogens is 262 g/mol. The average Bonchev–Trinajstić information content (AvgIpc) is 2.26. The first kappa shape index (κ1) is 13.6. The first-order valence-electron chi connectivity index (χ1n) is 5.94. The van der Waals surface area contributed by atoms with Gasteiger partial charge in [0.05, 0.1) is 0 Å². The van der Waals surface area contributed by atoms with Gasteiger partial charge in [-0.15, -0.1) is 0 Å². The topological polar surface area (TPSA) is 61.0 Å². The van der Waals surface area contributed by atoms with Crippen molar-refractivity contribution in [3.05, 3.63) is 41.0 Å². The molecule has 0 aliphatic rings. The van der Waals surface area contributed by atoms with Gasteiger partial charge in [0.25, 0.3) is 0 Å². The number of anilines is 1. The van der Waals surface area contributed by atoms with Gasteiger partial charge in [0.1, 0.15) is 10.9 Å². The summed E-state index contributed by atoms with van der Waals surface area (Å²) in [4.78, 5) is 7.81. The Morgan fingerprint density at radius 3 is 2.47 bits per heavy atom. The number of aromatic nitrogens is 2. The van der Waals surface area contributed by atoms with Crippen LogP contribution in [0.5, 0.6) is 11.6 Å². The molecule has 1 aromatic carbocycles. The normalized spacial score (nSPS) is 11.4. The van der Waals surface area contributed by atoms with Crippen LogP contribution in [0.15, 0.2) is 30.3 Å². The van der Waals surface area contributed by atoms with Gasteiger partial charge in [-0.05, 0) is 11.5 Å². The van der Waals surface area contributed by atoms with Gasteiger partial charge in [0.2, 0.25) is 11.8 Å². The second kappa shape index (κ2) is 5.05. The summed E-state index contributed by atoms with van der Waals surface area (Å²) >= 11 is 5.83. The third kappa shape index (κ3) is 3.35. The molecule has 0 saturated carbocycles. The zero-order chi connectivity index (χ0) is 14.0. The van der Waals surface area contributed by atoms with Crippen LogP contribution in [0.2, 0.25) is 5.15 Å². The van der Waals surface area contributed by atoms with Crippen molar-refractivity contribution in [1.29, 1.82) is 0 Å². The molecule has 0 atom stereocenters. The summed E-state index contributed by atoms with van der Waals surface area (Å²) in [5, 5.41) is 0.260. The van der Waals surface area contributed by atoms with Crippen molar-refractivity contribution in [2.24, 2.45) is 0 Å². The molecule has 0 bridgehead atoms. The molecule has 0 spiro atoms. The lowest BCUT2D eigenvalue weighted by Gasteiger charge is -2.22. The van der Waals surface area contributed by atoms with Gasteiger partial charge < -0.3 is 10.5 Å². The maximum atomic E-state index is 5.83. The lowest BCUT2D eigenvalue weighted by atomic mass is 9.86. The Morgan fingerprint density at radius 2 is 1.84 bits per heavy atom. The zero-order valence-electron chi connectivity index (χ0n) is 11.1. The molecule has 0 unspecified atom stereocenters. The van der Waals surface area contributed by atoms with E-state index in [4.69, 9.17) is 22.1 Å². The van der Waals surface area contributed by atoms with Crippen molar-refractivity contribution >= 4 is 17.5 Å². The minimum absolute atomic E-state index is 0.0288. The number of ether oxygens (including phenoxy) is 1. The highest BCUT2D eigenvalue weighted by Crippen LogP contribution is 2.33. The SMILES string of the molecule is CC(C)(C)c1ccccc1Oc1cc(Cl)nc(N)n1. The summed E-state index contributed by atoms with van der Waals surface area (Å²) < 4.78 is 5.78. The average molecular weight is 278 g/mol. The first-order valence-corrected chi connectivity index (χ1v) is 6.31. The number of rotatable bonds is 2. The Labute approximate surface area is 117 Å². The lowest BCUT2D eigenvalue weighted by molar-refractivity contribution is 0.439. The maximum absolute atomic E-state index is 5.83. The van der Waals surface area contributed by atoms with E-state index in [2.05, 4.69) is 30.7 Å². The monoisotopic (exact) mass is 277 g/mol. The fourth-order valence-electron chi connectivity index (χ4n) is 1.75. The fraction of sp³-hybridized carbons (Fsp3) is 0.286. The number of hydrogen-bond acceptors (Lipinski definition) is 4. The minimum atomic E-state index is -0.0288. The van der Waals surface area contributed by atoms with Crippen molar-refractivity contribution in [2.75, 3.05) is 5.73 Å². The molecule has 1 heterocycles. The first-order chi connectivity index (χ1) is 8.86. The third-order valence-corrected chi connectivity index (χ3v) is 2.79. The van der Waals surface area contributed by atoms with E-state index in [-0.39, 0.29) is 16.5 Å². The molecule has 0 aliphatic carbocycles. The van der Waals surface area contributed by atoms with Gasteiger partial charge in [-0.2, -0.15) is 4.98 Å². The molecule has 2 rings (SSSR count). The number of nitrogen functional groups attached to an aromatic ring is 1. The van der Waals surface area contributed by atoms with E-state index in [1.54, 1.807) is 0 Å². The molecule has 0 aliphatic heterocycles. The largest absolute Gasteiger partial charge is 0.438 e. The van der Waals surface area contributed by atoms with Crippen molar-refractivity contribution in [2.45, 2.75) is 26.2 Å². The lowest BCUT2D eigenvalue weighted by Crippen LogP contribution is -2.12. The highest BCUT2D eigenvalue weighted by molar-refractivity contribution is 6.29. The molecule has 100 valence electrons. The Morgan fingerprint density at radius 1 is 1.16 bits per heavy atom. The van der Waals surface area contributed by atoms with Gasteiger partial charge in [0.15, 0.2) is 0 Å². The van der Waals surface area contributed by atoms with Crippen LogP contribution in [0.3, 0.4) is 0 Å². The molecular formula is C14H16ClN3O. The van der Waals surface area contributed by atoms with Gasteiger partial charge >= 0.3 is 0 Å². The van der Waals surface area contributed by atoms with E-state index in [0.29, 0.717) is 5.88 Å². The van der Waals surface area contributed by atoms with Crippen LogP contribution < -0.4 is 10.5 Å². The van der Waals surface area contributed by atoms with E-state index in [1.165, 1.54) is 6.07 Å². The molecule has 0 radical (unpaired) electrons. The highest BCUT2D eigenvalue weighted by atomic mass is 35.5. The summed E-state index contributed by atoms with van der Waals surface area (Å²) in [7, 11) is 0. The predicted molar refractivity (Wildman–Crippen MR) is 76.7 cm³/mol. The Bertz CT molecular complexity index is 573. The summed E-state index contributed by atoms with van der Waals surface area (Å²) in [6.07, 6.45) is 0. The van der Waals surface area contributed by atoms with Crippen LogP contribution in [0.4, 0.5) is 5.95 Å². The number of nitrogens with two attached hydrogens (primary N) is 1. The minimum Gasteiger partial charge on any atom is -0.438 e. The number of benzene rings is 1. The zero-order valence-corrected chi connectivity index (χ0v) is 11.9. The Hall–Kier alpha value is -1.81. The molecule has 0 fully saturated rings. The van der Waals surface area contributed by atoms with Crippen molar-refractivity contribution in [3.8, 4) is 11.6 Å². The Balaban J connectivity index is 2.38. The second-order valence-electron chi connectivity index (χ2n) is 5.24. The van der Waals surface area contributed by atoms with Gasteiger partial charge in [-0.1, -0.05) is 50.6 Å². The molecule has 0 saturated heterocycles. The number of nitrogens with zero attached hydrogens (tertiary/aromatic N) is 2. The summed E-state index contributed by atoms with van der Waals surface area (Å²) in [6.45, 7) is 6.36. The Kier molecular flexibility index (Phi) is 3.62. The molecule has 5 heteroatoms. The predicted octanol–water partition coefficient (Wildman–Crippen LogP) is 3.80. The van der Waals surface area contributed by atoms with Gasteiger partial charge in [-0.25, -0.2) is 4.98 Å². The van der Waals surface area contributed by atoms with E-state index < -0.39 is 0 Å². The maximum Gasteiger partial charge on any atom is 0.225 e. The smallest absolute Gasteiger partial charge is 0.225 e.